The molecule has 4 rings (SSSR count). The normalized spacial score (nSPS) is 20.7. The van der Waals surface area contributed by atoms with Gasteiger partial charge in [0.05, 0.1) is 17.5 Å². The van der Waals surface area contributed by atoms with Crippen LogP contribution >= 0.6 is 0 Å². The number of hydrogen-bond donors (Lipinski definition) is 0. The standard InChI is InChI=1S/C21H22N2O7S/c1-2-13-3-4-16-14(10-20(25)30-18(16)9-13)11-29-21(26)17-5-6-19(24)23(22-17)15-7-8-31(27,28)12-15/h3-4,9-10,15H,2,5-8,11-12H2,1H3. The first-order chi connectivity index (χ1) is 14.8. The van der Waals surface area contributed by atoms with Crippen LogP contribution < -0.4 is 5.63 Å². The van der Waals surface area contributed by atoms with Gasteiger partial charge in [-0.3, -0.25) is 4.79 Å². The molecule has 1 aromatic heterocycles. The Morgan fingerprint density at radius 3 is 2.77 bits per heavy atom. The van der Waals surface area contributed by atoms with Crippen LogP contribution in [0.2, 0.25) is 0 Å². The van der Waals surface area contributed by atoms with Gasteiger partial charge in [0.2, 0.25) is 5.91 Å². The summed E-state index contributed by atoms with van der Waals surface area (Å²) in [5.74, 6) is -1.17. The molecule has 1 unspecified atom stereocenters. The number of hydrazone groups is 1. The van der Waals surface area contributed by atoms with Gasteiger partial charge in [-0.25, -0.2) is 23.0 Å². The molecule has 3 heterocycles. The summed E-state index contributed by atoms with van der Waals surface area (Å²) < 4.78 is 34.1. The second-order valence-electron chi connectivity index (χ2n) is 7.69. The van der Waals surface area contributed by atoms with Gasteiger partial charge in [-0.1, -0.05) is 19.1 Å². The van der Waals surface area contributed by atoms with Gasteiger partial charge in [-0.05, 0) is 24.5 Å². The molecule has 1 saturated heterocycles. The van der Waals surface area contributed by atoms with Crippen molar-refractivity contribution in [2.45, 2.75) is 45.3 Å². The SMILES string of the molecule is CCc1ccc2c(COC(=O)C3=NN(C4CCS(=O)(=O)C4)C(=O)CC3)cc(=O)oc2c1. The van der Waals surface area contributed by atoms with Crippen LogP contribution in [-0.4, -0.2) is 48.6 Å². The second kappa shape index (κ2) is 8.26. The number of fused-ring (bicyclic) bond motifs is 1. The third-order valence-corrected chi connectivity index (χ3v) is 7.26. The molecule has 1 amide bonds. The lowest BCUT2D eigenvalue weighted by Gasteiger charge is -2.27. The van der Waals surface area contributed by atoms with E-state index >= 15 is 0 Å². The molecule has 1 atom stereocenters. The molecule has 0 aliphatic carbocycles. The van der Waals surface area contributed by atoms with Crippen molar-refractivity contribution in [3.05, 3.63) is 45.8 Å². The van der Waals surface area contributed by atoms with Gasteiger partial charge in [0, 0.05) is 29.9 Å². The van der Waals surface area contributed by atoms with E-state index in [1.54, 1.807) is 6.07 Å². The Hall–Kier alpha value is -3.01. The first kappa shape index (κ1) is 21.2. The highest BCUT2D eigenvalue weighted by Gasteiger charge is 2.37. The Morgan fingerprint density at radius 2 is 2.06 bits per heavy atom. The van der Waals surface area contributed by atoms with Crippen molar-refractivity contribution in [3.63, 3.8) is 0 Å². The summed E-state index contributed by atoms with van der Waals surface area (Å²) in [4.78, 5) is 36.7. The smallest absolute Gasteiger partial charge is 0.354 e. The fraction of sp³-hybridized carbons (Fsp3) is 0.429. The lowest BCUT2D eigenvalue weighted by molar-refractivity contribution is -0.138. The molecule has 9 nitrogen and oxygen atoms in total. The summed E-state index contributed by atoms with van der Waals surface area (Å²) in [7, 11) is -3.20. The van der Waals surface area contributed by atoms with E-state index in [9.17, 15) is 22.8 Å². The lowest BCUT2D eigenvalue weighted by Crippen LogP contribution is -2.42. The number of ether oxygens (including phenoxy) is 1. The molecular formula is C21H22N2O7S. The van der Waals surface area contributed by atoms with Crippen LogP contribution in [0.5, 0.6) is 0 Å². The molecule has 1 aromatic carbocycles. The fourth-order valence-electron chi connectivity index (χ4n) is 3.81. The average Bonchev–Trinajstić information content (AvgIpc) is 3.10. The minimum atomic E-state index is -3.20. The highest BCUT2D eigenvalue weighted by molar-refractivity contribution is 7.91. The third kappa shape index (κ3) is 4.53. The zero-order chi connectivity index (χ0) is 22.2. The van der Waals surface area contributed by atoms with E-state index in [2.05, 4.69) is 5.10 Å². The average molecular weight is 446 g/mol. The number of sulfone groups is 1. The monoisotopic (exact) mass is 446 g/mol. The minimum absolute atomic E-state index is 0.000154. The predicted octanol–water partition coefficient (Wildman–Crippen LogP) is 1.56. The maximum absolute atomic E-state index is 12.6. The number of nitrogens with zero attached hydrogens (tertiary/aromatic N) is 2. The quantitative estimate of drug-likeness (QED) is 0.504. The summed E-state index contributed by atoms with van der Waals surface area (Å²) in [5, 5.41) is 5.89. The molecule has 31 heavy (non-hydrogen) atoms. The third-order valence-electron chi connectivity index (χ3n) is 5.51. The molecule has 2 aliphatic heterocycles. The van der Waals surface area contributed by atoms with E-state index in [4.69, 9.17) is 9.15 Å². The largest absolute Gasteiger partial charge is 0.456 e. The van der Waals surface area contributed by atoms with Crippen LogP contribution in [0.25, 0.3) is 11.0 Å². The van der Waals surface area contributed by atoms with Crippen LogP contribution in [0.4, 0.5) is 0 Å². The van der Waals surface area contributed by atoms with Crippen LogP contribution in [0.3, 0.4) is 0 Å². The molecule has 0 bridgehead atoms. The molecule has 10 heteroatoms. The molecule has 0 radical (unpaired) electrons. The van der Waals surface area contributed by atoms with Crippen molar-refractivity contribution in [2.24, 2.45) is 5.10 Å². The number of carbonyl (C=O) groups is 2. The zero-order valence-corrected chi connectivity index (χ0v) is 17.8. The molecular weight excluding hydrogens is 424 g/mol. The van der Waals surface area contributed by atoms with Gasteiger partial charge in [0.25, 0.3) is 0 Å². The van der Waals surface area contributed by atoms with Gasteiger partial charge in [0.1, 0.15) is 17.9 Å². The Labute approximate surface area is 178 Å². The van der Waals surface area contributed by atoms with E-state index in [-0.39, 0.29) is 42.6 Å². The zero-order valence-electron chi connectivity index (χ0n) is 17.0. The van der Waals surface area contributed by atoms with Crippen LogP contribution in [0.1, 0.15) is 37.3 Å². The van der Waals surface area contributed by atoms with Gasteiger partial charge >= 0.3 is 11.6 Å². The second-order valence-corrected chi connectivity index (χ2v) is 9.92. The number of amides is 1. The maximum atomic E-state index is 12.6. The highest BCUT2D eigenvalue weighted by atomic mass is 32.2. The Morgan fingerprint density at radius 1 is 1.26 bits per heavy atom. The molecule has 2 aliphatic rings. The number of benzene rings is 1. The van der Waals surface area contributed by atoms with E-state index in [0.717, 1.165) is 17.0 Å². The van der Waals surface area contributed by atoms with Gasteiger partial charge in [-0.2, -0.15) is 5.10 Å². The van der Waals surface area contributed by atoms with Crippen molar-refractivity contribution >= 4 is 38.4 Å². The molecule has 0 N–H and O–H groups in total. The fourth-order valence-corrected chi connectivity index (χ4v) is 5.50. The molecule has 164 valence electrons. The number of rotatable bonds is 5. The van der Waals surface area contributed by atoms with Crippen LogP contribution in [0, 0.1) is 0 Å². The van der Waals surface area contributed by atoms with Crippen molar-refractivity contribution in [2.75, 3.05) is 11.5 Å². The number of esters is 1. The van der Waals surface area contributed by atoms with Gasteiger partial charge < -0.3 is 9.15 Å². The predicted molar refractivity (Wildman–Crippen MR) is 112 cm³/mol. The van der Waals surface area contributed by atoms with E-state index < -0.39 is 27.5 Å². The minimum Gasteiger partial charge on any atom is -0.456 e. The maximum Gasteiger partial charge on any atom is 0.354 e. The number of aryl methyl sites for hydroxylation is 1. The Kier molecular flexibility index (Phi) is 5.65. The van der Waals surface area contributed by atoms with Crippen LogP contribution in [-0.2, 0) is 37.2 Å². The molecule has 0 saturated carbocycles. The first-order valence-corrected chi connectivity index (χ1v) is 11.9. The first-order valence-electron chi connectivity index (χ1n) is 10.1. The van der Waals surface area contributed by atoms with E-state index in [0.29, 0.717) is 23.0 Å². The van der Waals surface area contributed by atoms with Gasteiger partial charge in [-0.15, -0.1) is 0 Å². The van der Waals surface area contributed by atoms with Gasteiger partial charge in [0.15, 0.2) is 9.84 Å². The molecule has 1 fully saturated rings. The summed E-state index contributed by atoms with van der Waals surface area (Å²) >= 11 is 0. The van der Waals surface area contributed by atoms with Crippen molar-refractivity contribution < 1.29 is 27.2 Å². The van der Waals surface area contributed by atoms with Crippen LogP contribution in [0.15, 0.2) is 38.6 Å². The molecule has 2 aromatic rings. The highest BCUT2D eigenvalue weighted by Crippen LogP contribution is 2.23. The summed E-state index contributed by atoms with van der Waals surface area (Å²) in [5.41, 5.74) is 1.46. The summed E-state index contributed by atoms with van der Waals surface area (Å²) in [6.45, 7) is 1.84. The van der Waals surface area contributed by atoms with E-state index in [1.165, 1.54) is 6.07 Å². The van der Waals surface area contributed by atoms with Crippen molar-refractivity contribution in [1.82, 2.24) is 5.01 Å². The topological polar surface area (TPSA) is 123 Å². The summed E-state index contributed by atoms with van der Waals surface area (Å²) in [6.07, 6.45) is 1.26. The summed E-state index contributed by atoms with van der Waals surface area (Å²) in [6, 6.07) is 6.24. The van der Waals surface area contributed by atoms with E-state index in [1.807, 2.05) is 19.1 Å². The lowest BCUT2D eigenvalue weighted by atomic mass is 10.1. The Balaban J connectivity index is 1.51. The Bertz CT molecular complexity index is 1250. The number of hydrogen-bond acceptors (Lipinski definition) is 8. The molecule has 0 spiro atoms. The van der Waals surface area contributed by atoms with Crippen molar-refractivity contribution in [3.8, 4) is 0 Å². The van der Waals surface area contributed by atoms with Crippen molar-refractivity contribution in [1.29, 1.82) is 0 Å². The number of carbonyl (C=O) groups excluding carboxylic acids is 2.